The number of hydrogen-bond acceptors (Lipinski definition) is 4. The quantitative estimate of drug-likeness (QED) is 0.749. The van der Waals surface area contributed by atoms with Gasteiger partial charge in [-0.05, 0) is 18.6 Å². The molecule has 2 heterocycles. The first-order valence-electron chi connectivity index (χ1n) is 7.13. The fourth-order valence-electron chi connectivity index (χ4n) is 2.46. The lowest BCUT2D eigenvalue weighted by Crippen LogP contribution is -2.35. The van der Waals surface area contributed by atoms with Gasteiger partial charge in [0.2, 0.25) is 11.8 Å². The van der Waals surface area contributed by atoms with E-state index < -0.39 is 0 Å². The Kier molecular flexibility index (Phi) is 5.84. The molecule has 0 saturated carbocycles. The first-order chi connectivity index (χ1) is 9.61. The minimum Gasteiger partial charge on any atom is -0.338 e. The minimum atomic E-state index is 0.0534. The van der Waals surface area contributed by atoms with Crippen molar-refractivity contribution >= 4 is 35.3 Å². The Hall–Kier alpha value is -0.620. The topological polar surface area (TPSA) is 40.6 Å². The molecule has 4 nitrogen and oxygen atoms in total. The van der Waals surface area contributed by atoms with Crippen LogP contribution in [0.15, 0.2) is 11.1 Å². The molecule has 0 aromatic heterocycles. The summed E-state index contributed by atoms with van der Waals surface area (Å²) in [5.74, 6) is 1.67. The molecular formula is C14H22N2O2S2. The molecule has 112 valence electrons. The van der Waals surface area contributed by atoms with Gasteiger partial charge in [0.15, 0.2) is 0 Å². The van der Waals surface area contributed by atoms with Crippen LogP contribution in [0.1, 0.15) is 26.2 Å². The molecule has 1 atom stereocenters. The summed E-state index contributed by atoms with van der Waals surface area (Å²) in [5.41, 5.74) is 0. The molecule has 6 heteroatoms. The summed E-state index contributed by atoms with van der Waals surface area (Å²) in [7, 11) is 1.74. The molecule has 2 aliphatic heterocycles. The molecule has 0 aliphatic carbocycles. The first-order valence-corrected chi connectivity index (χ1v) is 9.16. The summed E-state index contributed by atoms with van der Waals surface area (Å²) in [5, 5.41) is 1.34. The molecule has 2 fully saturated rings. The molecule has 0 N–H and O–H groups in total. The third kappa shape index (κ3) is 3.95. The maximum atomic E-state index is 12.4. The largest absolute Gasteiger partial charge is 0.338 e. The monoisotopic (exact) mass is 314 g/mol. The van der Waals surface area contributed by atoms with Crippen molar-refractivity contribution in [3.05, 3.63) is 11.1 Å². The third-order valence-corrected chi connectivity index (χ3v) is 5.91. The smallest absolute Gasteiger partial charge is 0.249 e. The molecule has 0 aromatic rings. The van der Waals surface area contributed by atoms with Gasteiger partial charge < -0.3 is 9.80 Å². The van der Waals surface area contributed by atoms with Crippen molar-refractivity contribution in [3.63, 3.8) is 0 Å². The van der Waals surface area contributed by atoms with E-state index in [1.165, 1.54) is 24.6 Å². The molecule has 0 aromatic carbocycles. The Morgan fingerprint density at radius 3 is 2.95 bits per heavy atom. The SMILES string of the molecule is CCSC1CCCCN(C(=O)C=C2SCC(=O)N2C)C1. The van der Waals surface area contributed by atoms with Crippen LogP contribution >= 0.6 is 23.5 Å². The second kappa shape index (κ2) is 7.41. The van der Waals surface area contributed by atoms with E-state index in [1.54, 1.807) is 18.0 Å². The van der Waals surface area contributed by atoms with Crippen molar-refractivity contribution in [2.75, 3.05) is 31.6 Å². The summed E-state index contributed by atoms with van der Waals surface area (Å²) in [6.45, 7) is 3.84. The summed E-state index contributed by atoms with van der Waals surface area (Å²) in [6, 6.07) is 0. The second-order valence-electron chi connectivity index (χ2n) is 5.08. The zero-order valence-corrected chi connectivity index (χ0v) is 13.8. The second-order valence-corrected chi connectivity index (χ2v) is 7.65. The predicted octanol–water partition coefficient (Wildman–Crippen LogP) is 2.17. The highest BCUT2D eigenvalue weighted by Crippen LogP contribution is 2.28. The van der Waals surface area contributed by atoms with Crippen LogP contribution in [0.4, 0.5) is 0 Å². The van der Waals surface area contributed by atoms with Gasteiger partial charge in [-0.25, -0.2) is 0 Å². The van der Waals surface area contributed by atoms with Crippen molar-refractivity contribution in [1.82, 2.24) is 9.80 Å². The zero-order valence-electron chi connectivity index (χ0n) is 12.1. The molecule has 0 bridgehead atoms. The number of nitrogens with zero attached hydrogens (tertiary/aromatic N) is 2. The highest BCUT2D eigenvalue weighted by atomic mass is 32.2. The number of rotatable bonds is 3. The number of likely N-dealkylation sites (tertiary alicyclic amines) is 1. The molecule has 2 aliphatic rings. The van der Waals surface area contributed by atoms with Gasteiger partial charge in [0, 0.05) is 31.5 Å². The molecule has 20 heavy (non-hydrogen) atoms. The van der Waals surface area contributed by atoms with Crippen LogP contribution in [-0.2, 0) is 9.59 Å². The Morgan fingerprint density at radius 1 is 1.50 bits per heavy atom. The van der Waals surface area contributed by atoms with E-state index in [4.69, 9.17) is 0 Å². The number of hydrogen-bond donors (Lipinski definition) is 0. The van der Waals surface area contributed by atoms with E-state index in [0.717, 1.165) is 30.3 Å². The lowest BCUT2D eigenvalue weighted by Gasteiger charge is -2.23. The summed E-state index contributed by atoms with van der Waals surface area (Å²) >= 11 is 3.40. The Bertz CT molecular complexity index is 412. The van der Waals surface area contributed by atoms with Gasteiger partial charge in [0.1, 0.15) is 0 Å². The van der Waals surface area contributed by atoms with Crippen molar-refractivity contribution in [3.8, 4) is 0 Å². The molecule has 0 spiro atoms. The summed E-state index contributed by atoms with van der Waals surface area (Å²) < 4.78 is 0. The van der Waals surface area contributed by atoms with Crippen LogP contribution in [-0.4, -0.2) is 58.5 Å². The van der Waals surface area contributed by atoms with Gasteiger partial charge in [-0.3, -0.25) is 9.59 Å². The predicted molar refractivity (Wildman–Crippen MR) is 85.7 cm³/mol. The molecule has 0 radical (unpaired) electrons. The van der Waals surface area contributed by atoms with E-state index in [1.807, 2.05) is 16.7 Å². The van der Waals surface area contributed by atoms with Gasteiger partial charge >= 0.3 is 0 Å². The molecule has 2 rings (SSSR count). The average molecular weight is 314 g/mol. The fourth-order valence-corrected chi connectivity index (χ4v) is 4.50. The van der Waals surface area contributed by atoms with Crippen LogP contribution in [0.5, 0.6) is 0 Å². The van der Waals surface area contributed by atoms with E-state index in [2.05, 4.69) is 6.92 Å². The number of thioether (sulfide) groups is 2. The van der Waals surface area contributed by atoms with Crippen molar-refractivity contribution in [2.45, 2.75) is 31.4 Å². The zero-order chi connectivity index (χ0) is 14.5. The number of amides is 2. The van der Waals surface area contributed by atoms with Crippen molar-refractivity contribution < 1.29 is 9.59 Å². The van der Waals surface area contributed by atoms with Crippen molar-refractivity contribution in [2.24, 2.45) is 0 Å². The van der Waals surface area contributed by atoms with E-state index in [0.29, 0.717) is 11.0 Å². The normalized spacial score (nSPS) is 26.2. The Morgan fingerprint density at radius 2 is 2.30 bits per heavy atom. The summed E-state index contributed by atoms with van der Waals surface area (Å²) in [4.78, 5) is 27.4. The number of carbonyl (C=O) groups is 2. The van der Waals surface area contributed by atoms with Gasteiger partial charge in [-0.1, -0.05) is 25.1 Å². The van der Waals surface area contributed by atoms with Gasteiger partial charge in [0.05, 0.1) is 10.8 Å². The standard InChI is InChI=1S/C14H22N2O2S2/c1-3-19-11-6-4-5-7-16(9-11)12(17)8-14-15(2)13(18)10-20-14/h8,11H,3-7,9-10H2,1-2H3. The van der Waals surface area contributed by atoms with Crippen LogP contribution in [0.3, 0.4) is 0 Å². The Balaban J connectivity index is 2.00. The van der Waals surface area contributed by atoms with Crippen molar-refractivity contribution in [1.29, 1.82) is 0 Å². The maximum Gasteiger partial charge on any atom is 0.249 e. The lowest BCUT2D eigenvalue weighted by atomic mass is 10.2. The molecular weight excluding hydrogens is 292 g/mol. The van der Waals surface area contributed by atoms with E-state index in [-0.39, 0.29) is 11.8 Å². The van der Waals surface area contributed by atoms with Gasteiger partial charge in [0.25, 0.3) is 0 Å². The maximum absolute atomic E-state index is 12.4. The van der Waals surface area contributed by atoms with E-state index in [9.17, 15) is 9.59 Å². The van der Waals surface area contributed by atoms with Crippen LogP contribution < -0.4 is 0 Å². The van der Waals surface area contributed by atoms with E-state index >= 15 is 0 Å². The fraction of sp³-hybridized carbons (Fsp3) is 0.714. The average Bonchev–Trinajstić information content (AvgIpc) is 2.66. The molecule has 2 saturated heterocycles. The highest BCUT2D eigenvalue weighted by Gasteiger charge is 2.26. The van der Waals surface area contributed by atoms with Crippen LogP contribution in [0, 0.1) is 0 Å². The molecule has 2 amide bonds. The van der Waals surface area contributed by atoms with Gasteiger partial charge in [-0.2, -0.15) is 11.8 Å². The van der Waals surface area contributed by atoms with Crippen LogP contribution in [0.2, 0.25) is 0 Å². The molecule has 1 unspecified atom stereocenters. The lowest BCUT2D eigenvalue weighted by molar-refractivity contribution is -0.126. The first kappa shape index (κ1) is 15.8. The highest BCUT2D eigenvalue weighted by molar-refractivity contribution is 8.04. The third-order valence-electron chi connectivity index (χ3n) is 3.64. The van der Waals surface area contributed by atoms with Crippen LogP contribution in [0.25, 0.3) is 0 Å². The minimum absolute atomic E-state index is 0.0534. The number of carbonyl (C=O) groups excluding carboxylic acids is 2. The van der Waals surface area contributed by atoms with Gasteiger partial charge in [-0.15, -0.1) is 0 Å². The Labute approximate surface area is 129 Å². The summed E-state index contributed by atoms with van der Waals surface area (Å²) in [6.07, 6.45) is 5.11.